The van der Waals surface area contributed by atoms with E-state index < -0.39 is 5.60 Å². The molecule has 1 aromatic carbocycles. The third-order valence-electron chi connectivity index (χ3n) is 11.3. The van der Waals surface area contributed by atoms with E-state index in [1.165, 1.54) is 16.8 Å². The van der Waals surface area contributed by atoms with Crippen LogP contribution in [-0.4, -0.2) is 54.6 Å². The Bertz CT molecular complexity index is 1190. The number of rotatable bonds is 2. The van der Waals surface area contributed by atoms with Crippen molar-refractivity contribution in [1.82, 2.24) is 4.90 Å². The summed E-state index contributed by atoms with van der Waals surface area (Å²) in [6.07, 6.45) is 8.69. The zero-order chi connectivity index (χ0) is 27.6. The fourth-order valence-electron chi connectivity index (χ4n) is 9.15. The average molecular weight is 529 g/mol. The number of carbonyl (C=O) groups is 1. The number of fused-ring (bicyclic) bond motifs is 5. The van der Waals surface area contributed by atoms with Crippen molar-refractivity contribution >= 4 is 11.5 Å². The van der Waals surface area contributed by atoms with Crippen LogP contribution in [-0.2, 0) is 4.79 Å². The lowest BCUT2D eigenvalue weighted by Gasteiger charge is -2.58. The topological polar surface area (TPSA) is 43.8 Å². The van der Waals surface area contributed by atoms with E-state index in [1.54, 1.807) is 0 Å². The minimum absolute atomic E-state index is 0.126. The molecule has 4 fully saturated rings. The first kappa shape index (κ1) is 27.1. The second-order valence-corrected chi connectivity index (χ2v) is 14.7. The van der Waals surface area contributed by atoms with Crippen LogP contribution in [0.1, 0.15) is 84.1 Å². The highest BCUT2D eigenvalue weighted by molar-refractivity contribution is 5.91. The van der Waals surface area contributed by atoms with Gasteiger partial charge in [0.15, 0.2) is 5.78 Å². The molecule has 0 aromatic heterocycles. The lowest BCUT2D eigenvalue weighted by molar-refractivity contribution is -0.117. The van der Waals surface area contributed by atoms with Crippen molar-refractivity contribution in [2.75, 3.05) is 38.1 Å². The molecule has 0 unspecified atom stereocenters. The number of carbonyl (C=O) groups excluding carboxylic acids is 1. The number of nitrogens with zero attached hydrogens (tertiary/aromatic N) is 2. The van der Waals surface area contributed by atoms with Gasteiger partial charge in [0.1, 0.15) is 5.60 Å². The predicted molar refractivity (Wildman–Crippen MR) is 159 cm³/mol. The van der Waals surface area contributed by atoms with E-state index in [9.17, 15) is 9.90 Å². The van der Waals surface area contributed by atoms with E-state index >= 15 is 0 Å². The third-order valence-corrected chi connectivity index (χ3v) is 11.3. The average Bonchev–Trinajstić information content (AvgIpc) is 3.17. The van der Waals surface area contributed by atoms with Gasteiger partial charge in [0.25, 0.3) is 0 Å². The Hall–Kier alpha value is -2.09. The van der Waals surface area contributed by atoms with Gasteiger partial charge in [0.05, 0.1) is 0 Å². The molecule has 210 valence electrons. The maximum atomic E-state index is 12.4. The summed E-state index contributed by atoms with van der Waals surface area (Å²) >= 11 is 0. The van der Waals surface area contributed by atoms with Gasteiger partial charge in [-0.05, 0) is 120 Å². The molecule has 4 heteroatoms. The zero-order valence-electron chi connectivity index (χ0n) is 24.8. The monoisotopic (exact) mass is 528 g/mol. The van der Waals surface area contributed by atoms with Crippen LogP contribution in [0.2, 0.25) is 0 Å². The van der Waals surface area contributed by atoms with Gasteiger partial charge in [-0.2, -0.15) is 0 Å². The molecule has 3 saturated carbocycles. The SMILES string of the molecule is CN1CCN(c2ccc([C@H]3C[C@@]4(C)[C@@H](CC[C@@]4(O)C#CC(C)(C)C)[C@@H]4CCC5=CC(=O)CC[C@@H]5[C@H]43)cc2)CC1. The molecule has 39 heavy (non-hydrogen) atoms. The fraction of sp³-hybridized carbons (Fsp3) is 0.686. The molecular formula is C35H48N2O2. The maximum Gasteiger partial charge on any atom is 0.155 e. The van der Waals surface area contributed by atoms with Crippen LogP contribution in [0, 0.1) is 46.3 Å². The number of aliphatic hydroxyl groups is 1. The zero-order valence-corrected chi connectivity index (χ0v) is 24.8. The van der Waals surface area contributed by atoms with Gasteiger partial charge in [-0.15, -0.1) is 0 Å². The highest BCUT2D eigenvalue weighted by atomic mass is 16.3. The Morgan fingerprint density at radius 1 is 0.974 bits per heavy atom. The van der Waals surface area contributed by atoms with Gasteiger partial charge in [0.2, 0.25) is 0 Å². The summed E-state index contributed by atoms with van der Waals surface area (Å²) in [5.41, 5.74) is 2.86. The van der Waals surface area contributed by atoms with Crippen molar-refractivity contribution in [3.8, 4) is 11.8 Å². The molecule has 1 saturated heterocycles. The summed E-state index contributed by atoms with van der Waals surface area (Å²) in [5, 5.41) is 12.2. The van der Waals surface area contributed by atoms with Crippen LogP contribution >= 0.6 is 0 Å². The normalized spacial score (nSPS) is 38.7. The first-order valence-electron chi connectivity index (χ1n) is 15.5. The minimum atomic E-state index is -0.938. The summed E-state index contributed by atoms with van der Waals surface area (Å²) in [5.74, 6) is 9.70. The summed E-state index contributed by atoms with van der Waals surface area (Å²) in [6.45, 7) is 13.1. The van der Waals surface area contributed by atoms with Crippen LogP contribution in [0.15, 0.2) is 35.9 Å². The molecule has 0 radical (unpaired) electrons. The van der Waals surface area contributed by atoms with Crippen LogP contribution in [0.4, 0.5) is 5.69 Å². The summed E-state index contributed by atoms with van der Waals surface area (Å²) in [4.78, 5) is 17.3. The highest BCUT2D eigenvalue weighted by Crippen LogP contribution is 2.68. The van der Waals surface area contributed by atoms with Gasteiger partial charge in [-0.25, -0.2) is 0 Å². The first-order chi connectivity index (χ1) is 18.5. The van der Waals surface area contributed by atoms with E-state index in [2.05, 4.69) is 80.6 Å². The number of ketones is 1. The van der Waals surface area contributed by atoms with Gasteiger partial charge in [0, 0.05) is 49.1 Å². The van der Waals surface area contributed by atoms with Crippen LogP contribution < -0.4 is 4.90 Å². The molecule has 4 aliphatic carbocycles. The second-order valence-electron chi connectivity index (χ2n) is 14.7. The van der Waals surface area contributed by atoms with Crippen molar-refractivity contribution in [3.05, 3.63) is 41.5 Å². The molecule has 1 aliphatic heterocycles. The predicted octanol–water partition coefficient (Wildman–Crippen LogP) is 6.05. The van der Waals surface area contributed by atoms with E-state index in [0.717, 1.165) is 64.7 Å². The molecular weight excluding hydrogens is 480 g/mol. The number of piperazine rings is 1. The van der Waals surface area contributed by atoms with Gasteiger partial charge < -0.3 is 14.9 Å². The number of likely N-dealkylation sites (N-methyl/N-ethyl adjacent to an activating group) is 1. The van der Waals surface area contributed by atoms with Gasteiger partial charge >= 0.3 is 0 Å². The van der Waals surface area contributed by atoms with E-state index in [4.69, 9.17) is 0 Å². The van der Waals surface area contributed by atoms with Crippen molar-refractivity contribution in [2.24, 2.45) is 34.5 Å². The van der Waals surface area contributed by atoms with E-state index in [0.29, 0.717) is 41.8 Å². The largest absolute Gasteiger partial charge is 0.377 e. The Morgan fingerprint density at radius 2 is 1.69 bits per heavy atom. The van der Waals surface area contributed by atoms with Crippen LogP contribution in [0.5, 0.6) is 0 Å². The molecule has 1 N–H and O–H groups in total. The second kappa shape index (κ2) is 9.78. The molecule has 4 nitrogen and oxygen atoms in total. The Labute approximate surface area is 236 Å². The molecule has 1 heterocycles. The quantitative estimate of drug-likeness (QED) is 0.475. The van der Waals surface area contributed by atoms with Crippen molar-refractivity contribution in [2.45, 2.75) is 84.2 Å². The summed E-state index contributed by atoms with van der Waals surface area (Å²) < 4.78 is 0. The molecule has 0 spiro atoms. The number of hydrogen-bond donors (Lipinski definition) is 1. The Kier molecular flexibility index (Phi) is 6.79. The lowest BCUT2D eigenvalue weighted by atomic mass is 9.46. The smallest absolute Gasteiger partial charge is 0.155 e. The van der Waals surface area contributed by atoms with Gasteiger partial charge in [-0.3, -0.25) is 4.79 Å². The molecule has 6 rings (SSSR count). The van der Waals surface area contributed by atoms with Crippen molar-refractivity contribution < 1.29 is 9.90 Å². The number of hydrogen-bond acceptors (Lipinski definition) is 4. The number of allylic oxidation sites excluding steroid dienone is 1. The third kappa shape index (κ3) is 4.78. The van der Waals surface area contributed by atoms with E-state index in [-0.39, 0.29) is 10.8 Å². The minimum Gasteiger partial charge on any atom is -0.377 e. The van der Waals surface area contributed by atoms with Crippen LogP contribution in [0.3, 0.4) is 0 Å². The summed E-state index contributed by atoms with van der Waals surface area (Å²) in [6, 6.07) is 9.46. The molecule has 0 bridgehead atoms. The van der Waals surface area contributed by atoms with Crippen molar-refractivity contribution in [3.63, 3.8) is 0 Å². The molecule has 5 aliphatic rings. The first-order valence-corrected chi connectivity index (χ1v) is 15.5. The Balaban J connectivity index is 1.38. The fourth-order valence-corrected chi connectivity index (χ4v) is 9.15. The molecule has 1 aromatic rings. The number of benzene rings is 1. The van der Waals surface area contributed by atoms with Crippen molar-refractivity contribution in [1.29, 1.82) is 0 Å². The lowest BCUT2D eigenvalue weighted by Crippen LogP contribution is -2.54. The van der Waals surface area contributed by atoms with Crippen LogP contribution in [0.25, 0.3) is 0 Å². The molecule has 7 atom stereocenters. The summed E-state index contributed by atoms with van der Waals surface area (Å²) in [7, 11) is 2.20. The van der Waals surface area contributed by atoms with E-state index in [1.807, 2.05) is 6.08 Å². The Morgan fingerprint density at radius 3 is 2.38 bits per heavy atom. The number of anilines is 1. The van der Waals surface area contributed by atoms with Gasteiger partial charge in [-0.1, -0.05) is 36.5 Å². The maximum absolute atomic E-state index is 12.4. The standard InChI is InChI=1S/C35H48N2O2/c1-33(2,3)16-17-35(39)15-14-31-29-12-8-25-22-27(38)11-13-28(25)32(29)30(23-34(31,35)4)24-6-9-26(10-7-24)37-20-18-36(5)19-21-37/h6-7,9-10,22,28-32,39H,8,11-15,18-21,23H2,1-5H3/t28-,29-,30+,31-,32+,34-,35+/m0/s1. The molecule has 0 amide bonds. The highest BCUT2D eigenvalue weighted by Gasteiger charge is 2.64.